The Bertz CT molecular complexity index is 1760. The summed E-state index contributed by atoms with van der Waals surface area (Å²) in [6, 6.07) is 13.3. The van der Waals surface area contributed by atoms with Crippen molar-refractivity contribution in [2.45, 2.75) is 149 Å². The number of hydrogen-bond acceptors (Lipinski definition) is 7. The summed E-state index contributed by atoms with van der Waals surface area (Å²) < 4.78 is 24.0. The maximum Gasteiger partial charge on any atom is 0.411 e. The van der Waals surface area contributed by atoms with Crippen molar-refractivity contribution < 1.29 is 33.0 Å². The molecule has 1 unspecified atom stereocenters. The summed E-state index contributed by atoms with van der Waals surface area (Å²) in [4.78, 5) is 48.5. The molecule has 2 aliphatic heterocycles. The van der Waals surface area contributed by atoms with E-state index in [4.69, 9.17) is 18.6 Å². The number of carbonyl (C=O) groups excluding carboxylic acids is 3. The van der Waals surface area contributed by atoms with Gasteiger partial charge in [0, 0.05) is 37.9 Å². The van der Waals surface area contributed by atoms with E-state index < -0.39 is 43.8 Å². The SMILES string of the molecule is COc1cccc(CN(C(=O)C2=C(c3ccc(CCO[Si](C)(C)C(C)(C)C)cc3)CC3CN(C(=O)OC(C)(C)C)C[C@H]2N3C(=O)OC(C)(C)C)C2CC2)c1C. The molecule has 3 aliphatic rings. The van der Waals surface area contributed by atoms with E-state index in [2.05, 4.69) is 58.1 Å². The summed E-state index contributed by atoms with van der Waals surface area (Å²) in [5.41, 5.74) is 4.06. The Hall–Kier alpha value is -3.83. The quantitative estimate of drug-likeness (QED) is 0.222. The lowest BCUT2D eigenvalue weighted by Gasteiger charge is -2.51. The highest BCUT2D eigenvalue weighted by atomic mass is 28.4. The molecule has 2 aromatic carbocycles. The first-order valence-corrected chi connectivity index (χ1v) is 22.8. The second-order valence-electron chi connectivity index (χ2n) is 19.0. The predicted octanol–water partition coefficient (Wildman–Crippen LogP) is 9.14. The Morgan fingerprint density at radius 2 is 1.47 bits per heavy atom. The topological polar surface area (TPSA) is 97.9 Å². The van der Waals surface area contributed by atoms with Crippen molar-refractivity contribution in [2.75, 3.05) is 26.8 Å². The summed E-state index contributed by atoms with van der Waals surface area (Å²) in [7, 11) is -0.222. The number of fused-ring (bicyclic) bond motifs is 2. The van der Waals surface area contributed by atoms with Gasteiger partial charge >= 0.3 is 12.2 Å². The second-order valence-corrected chi connectivity index (χ2v) is 23.8. The molecule has 2 atom stereocenters. The Kier molecular flexibility index (Phi) is 12.3. The molecule has 1 saturated carbocycles. The number of hydrogen-bond donors (Lipinski definition) is 0. The van der Waals surface area contributed by atoms with Gasteiger partial charge in [-0.2, -0.15) is 0 Å². The molecule has 2 aromatic rings. The molecule has 0 N–H and O–H groups in total. The molecular formula is C44H65N3O7Si. The van der Waals surface area contributed by atoms with Crippen molar-refractivity contribution >= 4 is 32.0 Å². The zero-order valence-electron chi connectivity index (χ0n) is 35.6. The lowest BCUT2D eigenvalue weighted by atomic mass is 9.81. The first-order chi connectivity index (χ1) is 25.5. The fourth-order valence-electron chi connectivity index (χ4n) is 7.18. The molecule has 3 amide bonds. The summed E-state index contributed by atoms with van der Waals surface area (Å²) in [5, 5.41) is 0.136. The van der Waals surface area contributed by atoms with Gasteiger partial charge in [0.1, 0.15) is 17.0 Å². The van der Waals surface area contributed by atoms with Crippen LogP contribution in [0.4, 0.5) is 9.59 Å². The first kappa shape index (κ1) is 42.3. The van der Waals surface area contributed by atoms with Gasteiger partial charge in [-0.05, 0) is 126 Å². The fourth-order valence-corrected chi connectivity index (χ4v) is 8.22. The molecule has 1 aliphatic carbocycles. The van der Waals surface area contributed by atoms with Crippen molar-refractivity contribution in [3.05, 3.63) is 70.3 Å². The Labute approximate surface area is 330 Å². The van der Waals surface area contributed by atoms with E-state index in [0.29, 0.717) is 25.1 Å². The first-order valence-electron chi connectivity index (χ1n) is 19.9. The lowest BCUT2D eigenvalue weighted by molar-refractivity contribution is -0.129. The van der Waals surface area contributed by atoms with E-state index in [-0.39, 0.29) is 30.1 Å². The summed E-state index contributed by atoms with van der Waals surface area (Å²) >= 11 is 0. The van der Waals surface area contributed by atoms with Crippen LogP contribution in [0, 0.1) is 6.92 Å². The van der Waals surface area contributed by atoms with Crippen LogP contribution >= 0.6 is 0 Å². The third-order valence-corrected chi connectivity index (χ3v) is 15.8. The lowest BCUT2D eigenvalue weighted by Crippen LogP contribution is -2.66. The van der Waals surface area contributed by atoms with Gasteiger partial charge in [-0.15, -0.1) is 0 Å². The molecule has 2 fully saturated rings. The minimum absolute atomic E-state index is 0.0633. The van der Waals surface area contributed by atoms with Gasteiger partial charge < -0.3 is 28.4 Å². The number of amides is 3. The van der Waals surface area contributed by atoms with Crippen LogP contribution in [0.2, 0.25) is 18.1 Å². The molecule has 55 heavy (non-hydrogen) atoms. The Morgan fingerprint density at radius 1 is 0.855 bits per heavy atom. The van der Waals surface area contributed by atoms with Gasteiger partial charge in [0.15, 0.2) is 8.32 Å². The third kappa shape index (κ3) is 10.1. The molecule has 1 saturated heterocycles. The van der Waals surface area contributed by atoms with E-state index in [1.807, 2.05) is 71.6 Å². The number of piperazine rings is 1. The van der Waals surface area contributed by atoms with E-state index >= 15 is 4.79 Å². The summed E-state index contributed by atoms with van der Waals surface area (Å²) in [6.45, 7) is 25.8. The minimum atomic E-state index is -1.88. The zero-order chi connectivity index (χ0) is 40.7. The van der Waals surface area contributed by atoms with Crippen LogP contribution in [0.1, 0.15) is 104 Å². The predicted molar refractivity (Wildman–Crippen MR) is 220 cm³/mol. The van der Waals surface area contributed by atoms with Crippen molar-refractivity contribution in [3.8, 4) is 5.75 Å². The van der Waals surface area contributed by atoms with Crippen molar-refractivity contribution in [1.29, 1.82) is 0 Å². The van der Waals surface area contributed by atoms with E-state index in [1.165, 1.54) is 0 Å². The number of ether oxygens (including phenoxy) is 3. The largest absolute Gasteiger partial charge is 0.496 e. The number of nitrogens with zero attached hydrogens (tertiary/aromatic N) is 3. The van der Waals surface area contributed by atoms with Crippen LogP contribution in [0.3, 0.4) is 0 Å². The van der Waals surface area contributed by atoms with Gasteiger partial charge in [0.2, 0.25) is 0 Å². The van der Waals surface area contributed by atoms with E-state index in [0.717, 1.165) is 52.8 Å². The smallest absolute Gasteiger partial charge is 0.411 e. The monoisotopic (exact) mass is 775 g/mol. The number of carbonyl (C=O) groups is 3. The van der Waals surface area contributed by atoms with E-state index in [9.17, 15) is 9.59 Å². The molecule has 2 heterocycles. The van der Waals surface area contributed by atoms with Crippen LogP contribution in [0.15, 0.2) is 48.0 Å². The number of rotatable bonds is 10. The second kappa shape index (κ2) is 16.0. The minimum Gasteiger partial charge on any atom is -0.496 e. The Morgan fingerprint density at radius 3 is 2.04 bits per heavy atom. The Balaban J connectivity index is 1.58. The molecule has 302 valence electrons. The average Bonchev–Trinajstić information content (AvgIpc) is 3.90. The molecular weight excluding hydrogens is 711 g/mol. The van der Waals surface area contributed by atoms with Crippen molar-refractivity contribution in [2.24, 2.45) is 0 Å². The van der Waals surface area contributed by atoms with Gasteiger partial charge in [0.25, 0.3) is 5.91 Å². The zero-order valence-corrected chi connectivity index (χ0v) is 36.6. The molecule has 0 spiro atoms. The van der Waals surface area contributed by atoms with Gasteiger partial charge in [0.05, 0.1) is 19.2 Å². The molecule has 2 bridgehead atoms. The fraction of sp³-hybridized carbons (Fsp3) is 0.614. The average molecular weight is 776 g/mol. The number of benzene rings is 2. The standard InChI is InChI=1S/C44H65N3O7Si/c1-29-32(15-14-16-37(29)51-11)26-46(33-21-22-33)39(48)38-35(31-19-17-30(18-20-31)23-24-52-55(12,13)44(8,9)10)25-34-27-45(40(49)53-42(2,3)4)28-36(38)47(34)41(50)54-43(5,6)7/h14-20,33-34,36H,21-28H2,1-13H3/t34?,36-/m1/s1. The van der Waals surface area contributed by atoms with Crippen LogP contribution in [0.25, 0.3) is 5.57 Å². The normalized spacial score (nSPS) is 19.3. The number of methoxy groups -OCH3 is 1. The van der Waals surface area contributed by atoms with Gasteiger partial charge in [-0.3, -0.25) is 9.69 Å². The van der Waals surface area contributed by atoms with Crippen LogP contribution in [0.5, 0.6) is 5.75 Å². The van der Waals surface area contributed by atoms with Gasteiger partial charge in [-0.25, -0.2) is 9.59 Å². The van der Waals surface area contributed by atoms with Crippen molar-refractivity contribution in [3.63, 3.8) is 0 Å². The summed E-state index contributed by atoms with van der Waals surface area (Å²) in [6.07, 6.45) is 2.01. The maximum atomic E-state index is 15.4. The molecule has 0 aromatic heterocycles. The van der Waals surface area contributed by atoms with Crippen LogP contribution in [-0.4, -0.2) is 97.2 Å². The molecule has 5 rings (SSSR count). The van der Waals surface area contributed by atoms with Gasteiger partial charge in [-0.1, -0.05) is 57.2 Å². The van der Waals surface area contributed by atoms with E-state index in [1.54, 1.807) is 16.9 Å². The maximum absolute atomic E-state index is 15.4. The van der Waals surface area contributed by atoms with Crippen molar-refractivity contribution in [1.82, 2.24) is 14.7 Å². The van der Waals surface area contributed by atoms with Crippen LogP contribution < -0.4 is 4.74 Å². The third-order valence-electron chi connectivity index (χ3n) is 11.3. The highest BCUT2D eigenvalue weighted by Crippen LogP contribution is 2.43. The highest BCUT2D eigenvalue weighted by molar-refractivity contribution is 6.74. The van der Waals surface area contributed by atoms with Crippen LogP contribution in [-0.2, 0) is 31.7 Å². The highest BCUT2D eigenvalue weighted by Gasteiger charge is 2.51. The molecule has 0 radical (unpaired) electrons. The molecule has 11 heteroatoms. The summed E-state index contributed by atoms with van der Waals surface area (Å²) in [5.74, 6) is 0.641. The molecule has 10 nitrogen and oxygen atoms in total.